The van der Waals surface area contributed by atoms with Gasteiger partial charge >= 0.3 is 0 Å². The zero-order valence-electron chi connectivity index (χ0n) is 13.1. The molecule has 0 radical (unpaired) electrons. The summed E-state index contributed by atoms with van der Waals surface area (Å²) in [6.07, 6.45) is 6.02. The molecule has 2 rings (SSSR count). The molecule has 0 bridgehead atoms. The third kappa shape index (κ3) is 4.93. The number of benzene rings is 2. The Kier molecular flexibility index (Phi) is 6.05. The van der Waals surface area contributed by atoms with Crippen LogP contribution in [0.3, 0.4) is 0 Å². The van der Waals surface area contributed by atoms with E-state index in [4.69, 9.17) is 9.94 Å². The number of ether oxygens (including phenoxy) is 1. The first-order valence-electron chi connectivity index (χ1n) is 7.21. The number of amides is 1. The topological polar surface area (TPSA) is 75.6 Å². The number of hydroxylamine groups is 1. The minimum absolute atomic E-state index is 0.0961. The van der Waals surface area contributed by atoms with Crippen LogP contribution >= 0.6 is 0 Å². The number of ketones is 1. The third-order valence-corrected chi connectivity index (χ3v) is 3.28. The maximum absolute atomic E-state index is 12.1. The maximum atomic E-state index is 12.1. The van der Waals surface area contributed by atoms with E-state index in [1.54, 1.807) is 55.7 Å². The summed E-state index contributed by atoms with van der Waals surface area (Å²) in [6, 6.07) is 14.2. The lowest BCUT2D eigenvalue weighted by Gasteiger charge is -2.00. The van der Waals surface area contributed by atoms with Gasteiger partial charge < -0.3 is 4.74 Å². The van der Waals surface area contributed by atoms with Crippen LogP contribution in [0.15, 0.2) is 60.7 Å². The van der Waals surface area contributed by atoms with Crippen LogP contribution in [0.25, 0.3) is 12.2 Å². The van der Waals surface area contributed by atoms with Crippen molar-refractivity contribution in [3.8, 4) is 5.75 Å². The van der Waals surface area contributed by atoms with Crippen molar-refractivity contribution < 1.29 is 19.5 Å². The highest BCUT2D eigenvalue weighted by Gasteiger charge is 2.01. The summed E-state index contributed by atoms with van der Waals surface area (Å²) in [5, 5.41) is 8.40. The minimum atomic E-state index is -0.593. The molecule has 0 atom stereocenters. The van der Waals surface area contributed by atoms with Gasteiger partial charge in [-0.05, 0) is 47.5 Å². The largest absolute Gasteiger partial charge is 0.497 e. The van der Waals surface area contributed by atoms with Crippen LogP contribution in [0.2, 0.25) is 0 Å². The predicted molar refractivity (Wildman–Crippen MR) is 91.8 cm³/mol. The van der Waals surface area contributed by atoms with Gasteiger partial charge in [0.1, 0.15) is 5.75 Å². The normalized spacial score (nSPS) is 10.9. The van der Waals surface area contributed by atoms with E-state index in [-0.39, 0.29) is 5.78 Å². The van der Waals surface area contributed by atoms with Gasteiger partial charge in [0.2, 0.25) is 0 Å². The van der Waals surface area contributed by atoms with Gasteiger partial charge in [-0.15, -0.1) is 0 Å². The van der Waals surface area contributed by atoms with Crippen molar-refractivity contribution >= 4 is 23.8 Å². The molecule has 2 aromatic rings. The van der Waals surface area contributed by atoms with E-state index < -0.39 is 5.91 Å². The monoisotopic (exact) mass is 323 g/mol. The van der Waals surface area contributed by atoms with E-state index in [0.29, 0.717) is 11.3 Å². The van der Waals surface area contributed by atoms with Crippen molar-refractivity contribution in [1.82, 2.24) is 5.48 Å². The second kappa shape index (κ2) is 8.45. The molecule has 0 aliphatic carbocycles. The first kappa shape index (κ1) is 17.2. The lowest BCUT2D eigenvalue weighted by Crippen LogP contribution is -2.14. The van der Waals surface area contributed by atoms with Crippen LogP contribution in [-0.2, 0) is 4.79 Å². The molecule has 122 valence electrons. The summed E-state index contributed by atoms with van der Waals surface area (Å²) in [5.41, 5.74) is 3.77. The van der Waals surface area contributed by atoms with Gasteiger partial charge in [0.25, 0.3) is 5.91 Å². The zero-order chi connectivity index (χ0) is 17.4. The zero-order valence-corrected chi connectivity index (χ0v) is 13.1. The maximum Gasteiger partial charge on any atom is 0.267 e. The lowest BCUT2D eigenvalue weighted by atomic mass is 10.1. The van der Waals surface area contributed by atoms with Crippen molar-refractivity contribution in [1.29, 1.82) is 0 Å². The molecular formula is C19H17NO4. The summed E-state index contributed by atoms with van der Waals surface area (Å²) < 4.78 is 5.06. The quantitative estimate of drug-likeness (QED) is 0.371. The molecule has 1 amide bonds. The highest BCUT2D eigenvalue weighted by molar-refractivity contribution is 6.06. The van der Waals surface area contributed by atoms with Crippen LogP contribution in [-0.4, -0.2) is 24.0 Å². The van der Waals surface area contributed by atoms with Crippen molar-refractivity contribution in [3.63, 3.8) is 0 Å². The average molecular weight is 323 g/mol. The molecule has 5 heteroatoms. The number of methoxy groups -OCH3 is 1. The number of carbonyl (C=O) groups excluding carboxylic acids is 2. The van der Waals surface area contributed by atoms with Gasteiger partial charge in [0, 0.05) is 11.6 Å². The van der Waals surface area contributed by atoms with Crippen LogP contribution < -0.4 is 10.2 Å². The number of hydrogen-bond donors (Lipinski definition) is 2. The Bertz CT molecular complexity index is 759. The Morgan fingerprint density at radius 2 is 1.46 bits per heavy atom. The summed E-state index contributed by atoms with van der Waals surface area (Å²) in [7, 11) is 1.58. The molecule has 0 aliphatic heterocycles. The van der Waals surface area contributed by atoms with Crippen molar-refractivity contribution in [2.75, 3.05) is 7.11 Å². The molecule has 0 spiro atoms. The molecule has 0 saturated heterocycles. The summed E-state index contributed by atoms with van der Waals surface area (Å²) in [6.45, 7) is 0. The lowest BCUT2D eigenvalue weighted by molar-refractivity contribution is -0.124. The molecule has 2 aromatic carbocycles. The van der Waals surface area contributed by atoms with Crippen LogP contribution in [0.1, 0.15) is 21.5 Å². The molecule has 0 aliphatic rings. The molecule has 0 unspecified atom stereocenters. The second-order valence-electron chi connectivity index (χ2n) is 4.90. The number of nitrogens with one attached hydrogen (secondary N) is 1. The highest BCUT2D eigenvalue weighted by atomic mass is 16.5. The van der Waals surface area contributed by atoms with E-state index in [1.165, 1.54) is 17.6 Å². The van der Waals surface area contributed by atoms with Gasteiger partial charge in [-0.3, -0.25) is 14.8 Å². The Morgan fingerprint density at radius 1 is 0.917 bits per heavy atom. The van der Waals surface area contributed by atoms with Crippen LogP contribution in [0.5, 0.6) is 5.75 Å². The van der Waals surface area contributed by atoms with Crippen LogP contribution in [0.4, 0.5) is 0 Å². The van der Waals surface area contributed by atoms with E-state index in [0.717, 1.165) is 11.1 Å². The second-order valence-corrected chi connectivity index (χ2v) is 4.90. The smallest absolute Gasteiger partial charge is 0.267 e. The van der Waals surface area contributed by atoms with Crippen molar-refractivity contribution in [3.05, 3.63) is 77.4 Å². The first-order valence-corrected chi connectivity index (χ1v) is 7.21. The van der Waals surface area contributed by atoms with Crippen LogP contribution in [0, 0.1) is 0 Å². The Labute approximate surface area is 139 Å². The van der Waals surface area contributed by atoms with Crippen molar-refractivity contribution in [2.24, 2.45) is 0 Å². The predicted octanol–water partition coefficient (Wildman–Crippen LogP) is 3.11. The van der Waals surface area contributed by atoms with Gasteiger partial charge in [0.05, 0.1) is 7.11 Å². The third-order valence-electron chi connectivity index (χ3n) is 3.28. The fraction of sp³-hybridized carbons (Fsp3) is 0.0526. The van der Waals surface area contributed by atoms with Gasteiger partial charge in [-0.25, -0.2) is 5.48 Å². The molecule has 0 saturated carbocycles. The molecule has 0 aromatic heterocycles. The van der Waals surface area contributed by atoms with E-state index in [2.05, 4.69) is 0 Å². The summed E-state index contributed by atoms with van der Waals surface area (Å²) in [5.74, 6) is 0.0133. The minimum Gasteiger partial charge on any atom is -0.497 e. The summed E-state index contributed by atoms with van der Waals surface area (Å²) in [4.78, 5) is 23.0. The van der Waals surface area contributed by atoms with Gasteiger partial charge in [-0.2, -0.15) is 0 Å². The Hall–Kier alpha value is -3.18. The molecule has 0 heterocycles. The molecule has 24 heavy (non-hydrogen) atoms. The van der Waals surface area contributed by atoms with E-state index in [9.17, 15) is 9.59 Å². The fourth-order valence-electron chi connectivity index (χ4n) is 1.95. The number of hydrogen-bond acceptors (Lipinski definition) is 4. The fourth-order valence-corrected chi connectivity index (χ4v) is 1.95. The standard InChI is InChI=1S/C19H17NO4/c1-24-17-10-8-16(9-11-17)18(21)12-6-14-2-4-15(5-3-14)7-13-19(22)20-23/h2-13,23H,1H3,(H,20,22). The SMILES string of the molecule is COc1ccc(C(=O)C=Cc2ccc(C=CC(=O)NO)cc2)cc1. The first-order chi connectivity index (χ1) is 11.6. The van der Waals surface area contributed by atoms with Gasteiger partial charge in [-0.1, -0.05) is 30.3 Å². The number of carbonyl (C=O) groups is 2. The Morgan fingerprint density at radius 3 is 1.96 bits per heavy atom. The Balaban J connectivity index is 2.01. The van der Waals surface area contributed by atoms with E-state index in [1.807, 2.05) is 12.1 Å². The van der Waals surface area contributed by atoms with E-state index >= 15 is 0 Å². The van der Waals surface area contributed by atoms with Gasteiger partial charge in [0.15, 0.2) is 5.78 Å². The highest BCUT2D eigenvalue weighted by Crippen LogP contribution is 2.13. The molecule has 0 fully saturated rings. The number of allylic oxidation sites excluding steroid dienone is 1. The van der Waals surface area contributed by atoms with Crippen molar-refractivity contribution in [2.45, 2.75) is 0 Å². The number of rotatable bonds is 6. The molecular weight excluding hydrogens is 306 g/mol. The molecule has 5 nitrogen and oxygen atoms in total. The molecule has 2 N–H and O–H groups in total. The summed E-state index contributed by atoms with van der Waals surface area (Å²) >= 11 is 0. The average Bonchev–Trinajstić information content (AvgIpc) is 2.65.